The van der Waals surface area contributed by atoms with Crippen LogP contribution in [0, 0.1) is 0 Å². The van der Waals surface area contributed by atoms with Gasteiger partial charge in [-0.3, -0.25) is 9.69 Å². The first-order chi connectivity index (χ1) is 6.63. The Labute approximate surface area is 82.6 Å². The number of amides is 3. The molecule has 2 rings (SSSR count). The summed E-state index contributed by atoms with van der Waals surface area (Å²) in [6.45, 7) is 5.08. The Bertz CT molecular complexity index is 253. The summed E-state index contributed by atoms with van der Waals surface area (Å²) in [5.41, 5.74) is 0. The predicted molar refractivity (Wildman–Crippen MR) is 48.7 cm³/mol. The Hall–Kier alpha value is -1.10. The van der Waals surface area contributed by atoms with E-state index in [1.54, 1.807) is 4.90 Å². The number of urea groups is 1. The van der Waals surface area contributed by atoms with Gasteiger partial charge in [-0.1, -0.05) is 0 Å². The maximum atomic E-state index is 11.8. The van der Waals surface area contributed by atoms with Crippen LogP contribution in [-0.4, -0.2) is 53.6 Å². The van der Waals surface area contributed by atoms with Crippen molar-refractivity contribution in [2.45, 2.75) is 25.9 Å². The van der Waals surface area contributed by atoms with Crippen LogP contribution in [0.1, 0.15) is 13.8 Å². The fourth-order valence-electron chi connectivity index (χ4n) is 1.91. The van der Waals surface area contributed by atoms with Gasteiger partial charge < -0.3 is 9.64 Å². The van der Waals surface area contributed by atoms with Crippen molar-refractivity contribution >= 4 is 11.9 Å². The van der Waals surface area contributed by atoms with Gasteiger partial charge in [0.2, 0.25) is 0 Å². The Balaban J connectivity index is 2.24. The van der Waals surface area contributed by atoms with Gasteiger partial charge in [0.05, 0.1) is 13.2 Å². The molecule has 0 saturated carbocycles. The Kier molecular flexibility index (Phi) is 2.19. The van der Waals surface area contributed by atoms with E-state index in [0.717, 1.165) is 0 Å². The molecule has 0 aliphatic carbocycles. The van der Waals surface area contributed by atoms with Crippen LogP contribution in [0.5, 0.6) is 0 Å². The molecule has 3 amide bonds. The van der Waals surface area contributed by atoms with Crippen molar-refractivity contribution in [3.8, 4) is 0 Å². The van der Waals surface area contributed by atoms with Gasteiger partial charge in [0.1, 0.15) is 6.04 Å². The number of ether oxygens (including phenoxy) is 1. The standard InChI is InChI=1S/C9H14N2O3/c1-6(2)11-8(12)7-5-14-4-3-10(7)9(11)13/h6-7H,3-5H2,1-2H3. The maximum absolute atomic E-state index is 11.8. The van der Waals surface area contributed by atoms with Crippen LogP contribution >= 0.6 is 0 Å². The van der Waals surface area contributed by atoms with Crippen molar-refractivity contribution in [2.75, 3.05) is 19.8 Å². The third-order valence-electron chi connectivity index (χ3n) is 2.62. The van der Waals surface area contributed by atoms with E-state index in [-0.39, 0.29) is 24.0 Å². The van der Waals surface area contributed by atoms with Crippen molar-refractivity contribution in [3.63, 3.8) is 0 Å². The van der Waals surface area contributed by atoms with E-state index < -0.39 is 0 Å². The molecule has 5 heteroatoms. The van der Waals surface area contributed by atoms with E-state index in [0.29, 0.717) is 19.8 Å². The van der Waals surface area contributed by atoms with Gasteiger partial charge in [0, 0.05) is 12.6 Å². The number of carbonyl (C=O) groups excluding carboxylic acids is 2. The molecule has 2 fully saturated rings. The SMILES string of the molecule is CC(C)N1C(=O)C2COCCN2C1=O. The van der Waals surface area contributed by atoms with Crippen molar-refractivity contribution in [1.82, 2.24) is 9.80 Å². The van der Waals surface area contributed by atoms with E-state index >= 15 is 0 Å². The lowest BCUT2D eigenvalue weighted by Gasteiger charge is -2.26. The molecule has 1 unspecified atom stereocenters. The third-order valence-corrected chi connectivity index (χ3v) is 2.62. The number of morpholine rings is 1. The second-order valence-corrected chi connectivity index (χ2v) is 3.87. The van der Waals surface area contributed by atoms with Gasteiger partial charge in [0.15, 0.2) is 0 Å². The molecule has 0 aromatic rings. The zero-order chi connectivity index (χ0) is 10.3. The molecule has 0 N–H and O–H groups in total. The zero-order valence-electron chi connectivity index (χ0n) is 8.40. The first kappa shape index (κ1) is 9.45. The molecule has 2 saturated heterocycles. The summed E-state index contributed by atoms with van der Waals surface area (Å²) in [4.78, 5) is 26.5. The molecule has 14 heavy (non-hydrogen) atoms. The number of imide groups is 1. The topological polar surface area (TPSA) is 49.9 Å². The summed E-state index contributed by atoms with van der Waals surface area (Å²) in [7, 11) is 0. The summed E-state index contributed by atoms with van der Waals surface area (Å²) in [5.74, 6) is -0.121. The van der Waals surface area contributed by atoms with Crippen LogP contribution in [0.4, 0.5) is 4.79 Å². The Morgan fingerprint density at radius 2 is 2.14 bits per heavy atom. The minimum Gasteiger partial charge on any atom is -0.377 e. The number of rotatable bonds is 1. The van der Waals surface area contributed by atoms with Gasteiger partial charge >= 0.3 is 6.03 Å². The van der Waals surface area contributed by atoms with Crippen LogP contribution < -0.4 is 0 Å². The summed E-state index contributed by atoms with van der Waals surface area (Å²) < 4.78 is 5.19. The van der Waals surface area contributed by atoms with Gasteiger partial charge in [-0.2, -0.15) is 0 Å². The molecule has 2 aliphatic heterocycles. The molecule has 2 heterocycles. The van der Waals surface area contributed by atoms with Crippen molar-refractivity contribution in [1.29, 1.82) is 0 Å². The smallest absolute Gasteiger partial charge is 0.327 e. The summed E-state index contributed by atoms with van der Waals surface area (Å²) in [5, 5.41) is 0. The molecule has 78 valence electrons. The molecule has 0 aromatic heterocycles. The summed E-state index contributed by atoms with van der Waals surface area (Å²) in [6.07, 6.45) is 0. The lowest BCUT2D eigenvalue weighted by Crippen LogP contribution is -2.45. The van der Waals surface area contributed by atoms with Crippen LogP contribution in [0.15, 0.2) is 0 Å². The third kappa shape index (κ3) is 1.19. The highest BCUT2D eigenvalue weighted by Gasteiger charge is 2.47. The van der Waals surface area contributed by atoms with Crippen LogP contribution in [0.25, 0.3) is 0 Å². The van der Waals surface area contributed by atoms with Gasteiger partial charge in [-0.25, -0.2) is 4.79 Å². The highest BCUT2D eigenvalue weighted by Crippen LogP contribution is 2.22. The maximum Gasteiger partial charge on any atom is 0.327 e. The van der Waals surface area contributed by atoms with Crippen molar-refractivity contribution in [2.24, 2.45) is 0 Å². The molecule has 0 spiro atoms. The van der Waals surface area contributed by atoms with Crippen LogP contribution in [0.3, 0.4) is 0 Å². The molecule has 0 radical (unpaired) electrons. The van der Waals surface area contributed by atoms with Crippen molar-refractivity contribution < 1.29 is 14.3 Å². The first-order valence-electron chi connectivity index (χ1n) is 4.84. The number of hydrogen-bond acceptors (Lipinski definition) is 3. The van der Waals surface area contributed by atoms with E-state index in [9.17, 15) is 9.59 Å². The number of hydrogen-bond donors (Lipinski definition) is 0. The Morgan fingerprint density at radius 3 is 2.71 bits per heavy atom. The van der Waals surface area contributed by atoms with Crippen LogP contribution in [-0.2, 0) is 9.53 Å². The van der Waals surface area contributed by atoms with E-state index in [4.69, 9.17) is 4.74 Å². The fourth-order valence-corrected chi connectivity index (χ4v) is 1.91. The second-order valence-electron chi connectivity index (χ2n) is 3.87. The summed E-state index contributed by atoms with van der Waals surface area (Å²) in [6, 6.07) is -0.613. The largest absolute Gasteiger partial charge is 0.377 e. The first-order valence-corrected chi connectivity index (χ1v) is 4.84. The molecule has 1 atom stereocenters. The average molecular weight is 198 g/mol. The highest BCUT2D eigenvalue weighted by molar-refractivity contribution is 6.04. The predicted octanol–water partition coefficient (Wildman–Crippen LogP) is 0.0578. The lowest BCUT2D eigenvalue weighted by molar-refractivity contribution is -0.132. The quantitative estimate of drug-likeness (QED) is 0.560. The van der Waals surface area contributed by atoms with Crippen LogP contribution in [0.2, 0.25) is 0 Å². The monoisotopic (exact) mass is 198 g/mol. The highest BCUT2D eigenvalue weighted by atomic mass is 16.5. The average Bonchev–Trinajstić information content (AvgIpc) is 2.41. The lowest BCUT2D eigenvalue weighted by atomic mass is 10.2. The minimum atomic E-state index is -0.376. The molecular formula is C9H14N2O3. The Morgan fingerprint density at radius 1 is 1.43 bits per heavy atom. The molecular weight excluding hydrogens is 184 g/mol. The molecule has 2 aliphatic rings. The molecule has 0 bridgehead atoms. The zero-order valence-corrected chi connectivity index (χ0v) is 8.40. The van der Waals surface area contributed by atoms with Crippen molar-refractivity contribution in [3.05, 3.63) is 0 Å². The number of carbonyl (C=O) groups is 2. The molecule has 5 nitrogen and oxygen atoms in total. The van der Waals surface area contributed by atoms with E-state index in [2.05, 4.69) is 0 Å². The summed E-state index contributed by atoms with van der Waals surface area (Å²) >= 11 is 0. The molecule has 0 aromatic carbocycles. The van der Waals surface area contributed by atoms with E-state index in [1.165, 1.54) is 4.90 Å². The minimum absolute atomic E-state index is 0.0689. The van der Waals surface area contributed by atoms with Gasteiger partial charge in [-0.05, 0) is 13.8 Å². The fraction of sp³-hybridized carbons (Fsp3) is 0.778. The number of fused-ring (bicyclic) bond motifs is 1. The normalized spacial score (nSPS) is 27.5. The number of nitrogens with zero attached hydrogens (tertiary/aromatic N) is 2. The van der Waals surface area contributed by atoms with Gasteiger partial charge in [0.25, 0.3) is 5.91 Å². The van der Waals surface area contributed by atoms with E-state index in [1.807, 2.05) is 13.8 Å². The van der Waals surface area contributed by atoms with Gasteiger partial charge in [-0.15, -0.1) is 0 Å². The second kappa shape index (κ2) is 3.24.